The van der Waals surface area contributed by atoms with Crippen LogP contribution < -0.4 is 0 Å². The molecule has 4 heteroatoms. The molecule has 11 rings (SSSR count). The van der Waals surface area contributed by atoms with Crippen LogP contribution in [-0.2, 0) is 0 Å². The summed E-state index contributed by atoms with van der Waals surface area (Å²) in [5.41, 5.74) is 12.8. The van der Waals surface area contributed by atoms with Gasteiger partial charge in [-0.3, -0.25) is 0 Å². The van der Waals surface area contributed by atoms with Gasteiger partial charge in [0.1, 0.15) is 11.2 Å². The lowest BCUT2D eigenvalue weighted by Crippen LogP contribution is -1.96. The molecule has 0 amide bonds. The number of aromatic nitrogens is 3. The van der Waals surface area contributed by atoms with Crippen LogP contribution in [0.2, 0.25) is 0 Å². The minimum atomic E-state index is 0.906. The molecule has 0 fully saturated rings. The minimum Gasteiger partial charge on any atom is -0.455 e. The van der Waals surface area contributed by atoms with Crippen LogP contribution in [0.25, 0.3) is 99.4 Å². The van der Waals surface area contributed by atoms with Crippen molar-refractivity contribution >= 4 is 65.6 Å². The average Bonchev–Trinajstić information content (AvgIpc) is 3.85. The largest absolute Gasteiger partial charge is 0.455 e. The average molecular weight is 652 g/mol. The molecule has 4 aromatic heterocycles. The highest BCUT2D eigenvalue weighted by Gasteiger charge is 2.22. The van der Waals surface area contributed by atoms with Crippen molar-refractivity contribution in [2.24, 2.45) is 0 Å². The molecule has 0 saturated carbocycles. The van der Waals surface area contributed by atoms with Crippen molar-refractivity contribution in [3.05, 3.63) is 176 Å². The molecule has 0 saturated heterocycles. The molecule has 4 nitrogen and oxygen atoms in total. The highest BCUT2D eigenvalue weighted by Crippen LogP contribution is 2.43. The van der Waals surface area contributed by atoms with Crippen LogP contribution in [0.5, 0.6) is 0 Å². The molecule has 0 spiro atoms. The first-order valence-electron chi connectivity index (χ1n) is 17.3. The van der Waals surface area contributed by atoms with Crippen molar-refractivity contribution in [2.75, 3.05) is 0 Å². The molecular formula is C47H29N3O. The van der Waals surface area contributed by atoms with Gasteiger partial charge in [0.15, 0.2) is 0 Å². The Morgan fingerprint density at radius 3 is 1.80 bits per heavy atom. The topological polar surface area (TPSA) is 35.9 Å². The number of fused-ring (bicyclic) bond motifs is 10. The van der Waals surface area contributed by atoms with Crippen LogP contribution in [0.4, 0.5) is 0 Å². The summed E-state index contributed by atoms with van der Waals surface area (Å²) in [6, 6.07) is 62.3. The van der Waals surface area contributed by atoms with Crippen molar-refractivity contribution in [3.8, 4) is 33.9 Å². The molecule has 0 unspecified atom stereocenters. The van der Waals surface area contributed by atoms with Gasteiger partial charge >= 0.3 is 0 Å². The predicted octanol–water partition coefficient (Wildman–Crippen LogP) is 12.5. The first kappa shape index (κ1) is 28.0. The van der Waals surface area contributed by atoms with Gasteiger partial charge in [-0.2, -0.15) is 0 Å². The normalized spacial score (nSPS) is 11.9. The molecule has 4 heterocycles. The second-order valence-electron chi connectivity index (χ2n) is 13.2. The summed E-state index contributed by atoms with van der Waals surface area (Å²) in [7, 11) is 0. The first-order valence-corrected chi connectivity index (χ1v) is 17.3. The Bertz CT molecular complexity index is 3110. The van der Waals surface area contributed by atoms with Crippen molar-refractivity contribution < 1.29 is 4.42 Å². The van der Waals surface area contributed by atoms with Gasteiger partial charge in [-0.15, -0.1) is 0 Å². The molecule has 0 bridgehead atoms. The van der Waals surface area contributed by atoms with Gasteiger partial charge in [-0.05, 0) is 72.8 Å². The van der Waals surface area contributed by atoms with Gasteiger partial charge in [0.2, 0.25) is 0 Å². The fourth-order valence-electron chi connectivity index (χ4n) is 8.02. The molecule has 11 aromatic rings. The van der Waals surface area contributed by atoms with Crippen molar-refractivity contribution in [1.82, 2.24) is 14.1 Å². The maximum atomic E-state index is 6.65. The Morgan fingerprint density at radius 1 is 0.373 bits per heavy atom. The highest BCUT2D eigenvalue weighted by molar-refractivity contribution is 6.26. The minimum absolute atomic E-state index is 0.906. The van der Waals surface area contributed by atoms with Crippen molar-refractivity contribution in [1.29, 1.82) is 0 Å². The molecular weight excluding hydrogens is 623 g/mol. The van der Waals surface area contributed by atoms with E-state index in [1.165, 1.54) is 21.7 Å². The van der Waals surface area contributed by atoms with E-state index in [2.05, 4.69) is 173 Å². The zero-order valence-electron chi connectivity index (χ0n) is 27.5. The van der Waals surface area contributed by atoms with E-state index in [4.69, 9.17) is 9.40 Å². The molecule has 7 aromatic carbocycles. The molecule has 0 N–H and O–H groups in total. The summed E-state index contributed by atoms with van der Waals surface area (Å²) in [5.74, 6) is 0. The number of nitrogens with zero attached hydrogens (tertiary/aromatic N) is 3. The van der Waals surface area contributed by atoms with Gasteiger partial charge < -0.3 is 13.6 Å². The number of rotatable bonds is 4. The standard InChI is InChI=1S/C47H29N3O/c1-3-12-30(13-4-1)39-18-11-19-40(48-39)31-22-24-33(25-23-31)49-41-20-9-7-16-34(41)37-28-38-44(29-43(37)49)50(32-14-5-2-6-15-32)42-27-26-36-35-17-8-10-21-45(35)51-47(36)46(38)42/h1-29H. The summed E-state index contributed by atoms with van der Waals surface area (Å²) in [4.78, 5) is 5.02. The predicted molar refractivity (Wildman–Crippen MR) is 211 cm³/mol. The van der Waals surface area contributed by atoms with E-state index in [9.17, 15) is 0 Å². The van der Waals surface area contributed by atoms with E-state index < -0.39 is 0 Å². The van der Waals surface area contributed by atoms with Gasteiger partial charge in [0.05, 0.1) is 38.8 Å². The third-order valence-corrected chi connectivity index (χ3v) is 10.3. The Morgan fingerprint density at radius 2 is 1.00 bits per heavy atom. The third-order valence-electron chi connectivity index (χ3n) is 10.3. The lowest BCUT2D eigenvalue weighted by molar-refractivity contribution is 0.673. The molecule has 0 aliphatic rings. The van der Waals surface area contributed by atoms with Crippen LogP contribution in [0.15, 0.2) is 180 Å². The number of hydrogen-bond donors (Lipinski definition) is 0. The lowest BCUT2D eigenvalue weighted by atomic mass is 10.1. The van der Waals surface area contributed by atoms with Gasteiger partial charge in [-0.25, -0.2) is 4.98 Å². The lowest BCUT2D eigenvalue weighted by Gasteiger charge is -2.11. The maximum Gasteiger partial charge on any atom is 0.145 e. The highest BCUT2D eigenvalue weighted by atomic mass is 16.3. The fourth-order valence-corrected chi connectivity index (χ4v) is 8.02. The van der Waals surface area contributed by atoms with Crippen LogP contribution in [0.1, 0.15) is 0 Å². The number of hydrogen-bond acceptors (Lipinski definition) is 2. The third kappa shape index (κ3) is 4.17. The monoisotopic (exact) mass is 651 g/mol. The molecule has 0 aliphatic heterocycles. The van der Waals surface area contributed by atoms with E-state index in [1.54, 1.807) is 0 Å². The van der Waals surface area contributed by atoms with Crippen LogP contribution in [0, 0.1) is 0 Å². The zero-order chi connectivity index (χ0) is 33.5. The van der Waals surface area contributed by atoms with Crippen molar-refractivity contribution in [2.45, 2.75) is 0 Å². The number of benzene rings is 7. The number of furan rings is 1. The van der Waals surface area contributed by atoms with Gasteiger partial charge in [-0.1, -0.05) is 103 Å². The fraction of sp³-hybridized carbons (Fsp3) is 0. The van der Waals surface area contributed by atoms with Gasteiger partial charge in [0.25, 0.3) is 0 Å². The maximum absolute atomic E-state index is 6.65. The summed E-state index contributed by atoms with van der Waals surface area (Å²) < 4.78 is 11.4. The molecule has 0 atom stereocenters. The zero-order valence-corrected chi connectivity index (χ0v) is 27.5. The second kappa shape index (κ2) is 10.8. The Balaban J connectivity index is 1.16. The molecule has 238 valence electrons. The van der Waals surface area contributed by atoms with E-state index in [-0.39, 0.29) is 0 Å². The first-order chi connectivity index (χ1) is 25.3. The Labute approximate surface area is 293 Å². The summed E-state index contributed by atoms with van der Waals surface area (Å²) in [6.07, 6.45) is 0. The number of pyridine rings is 1. The smallest absolute Gasteiger partial charge is 0.145 e. The molecule has 51 heavy (non-hydrogen) atoms. The van der Waals surface area contributed by atoms with Crippen LogP contribution in [0.3, 0.4) is 0 Å². The van der Waals surface area contributed by atoms with E-state index in [0.717, 1.165) is 77.8 Å². The summed E-state index contributed by atoms with van der Waals surface area (Å²) in [6.45, 7) is 0. The van der Waals surface area contributed by atoms with E-state index >= 15 is 0 Å². The number of para-hydroxylation sites is 3. The summed E-state index contributed by atoms with van der Waals surface area (Å²) >= 11 is 0. The molecule has 0 aliphatic carbocycles. The molecule has 0 radical (unpaired) electrons. The summed E-state index contributed by atoms with van der Waals surface area (Å²) in [5, 5.41) is 7.01. The Kier molecular flexibility index (Phi) is 5.92. The quantitative estimate of drug-likeness (QED) is 0.190. The second-order valence-corrected chi connectivity index (χ2v) is 13.2. The van der Waals surface area contributed by atoms with E-state index in [1.807, 2.05) is 12.1 Å². The Hall–Kier alpha value is -6.91. The van der Waals surface area contributed by atoms with Gasteiger partial charge in [0, 0.05) is 49.4 Å². The van der Waals surface area contributed by atoms with Crippen molar-refractivity contribution in [3.63, 3.8) is 0 Å². The van der Waals surface area contributed by atoms with Crippen LogP contribution >= 0.6 is 0 Å². The SMILES string of the molecule is c1ccc(-c2cccc(-c3ccc(-n4c5ccccc5c5cc6c7c8oc9ccccc9c8ccc7n(-c7ccccc7)c6cc54)cc3)n2)cc1. The van der Waals surface area contributed by atoms with Crippen LogP contribution in [-0.4, -0.2) is 14.1 Å². The van der Waals surface area contributed by atoms with E-state index in [0.29, 0.717) is 0 Å².